The summed E-state index contributed by atoms with van der Waals surface area (Å²) in [7, 11) is 0. The molecule has 0 bridgehead atoms. The number of carbonyl (C=O) groups is 1. The minimum atomic E-state index is -0.129. The van der Waals surface area contributed by atoms with E-state index in [1.165, 1.54) is 0 Å². The first-order chi connectivity index (χ1) is 10.2. The minimum Gasteiger partial charge on any atom is -0.322 e. The van der Waals surface area contributed by atoms with Gasteiger partial charge in [-0.25, -0.2) is 0 Å². The van der Waals surface area contributed by atoms with Crippen LogP contribution in [0.3, 0.4) is 0 Å². The molecule has 21 heavy (non-hydrogen) atoms. The molecule has 0 saturated carbocycles. The molecule has 0 atom stereocenters. The van der Waals surface area contributed by atoms with Gasteiger partial charge >= 0.3 is 0 Å². The van der Waals surface area contributed by atoms with Gasteiger partial charge < -0.3 is 9.88 Å². The average molecular weight is 341 g/mol. The lowest BCUT2D eigenvalue weighted by atomic mass is 10.2. The summed E-state index contributed by atoms with van der Waals surface area (Å²) in [5.41, 5.74) is 2.33. The Balaban J connectivity index is 1.90. The fourth-order valence-corrected chi connectivity index (χ4v) is 2.52. The van der Waals surface area contributed by atoms with Gasteiger partial charge in [0.25, 0.3) is 5.91 Å². The summed E-state index contributed by atoms with van der Waals surface area (Å²) in [6.45, 7) is 0. The van der Waals surface area contributed by atoms with E-state index in [9.17, 15) is 4.79 Å². The van der Waals surface area contributed by atoms with Crippen molar-refractivity contribution >= 4 is 27.5 Å². The second kappa shape index (κ2) is 5.97. The number of rotatable bonds is 3. The second-order valence-electron chi connectivity index (χ2n) is 4.57. The summed E-state index contributed by atoms with van der Waals surface area (Å²) in [6.07, 6.45) is 3.90. The Kier molecular flexibility index (Phi) is 3.88. The van der Waals surface area contributed by atoms with Crippen molar-refractivity contribution in [1.82, 2.24) is 4.57 Å². The summed E-state index contributed by atoms with van der Waals surface area (Å²) in [5, 5.41) is 2.96. The van der Waals surface area contributed by atoms with E-state index in [1.54, 1.807) is 12.1 Å². The molecular weight excluding hydrogens is 328 g/mol. The molecule has 1 aromatic heterocycles. The van der Waals surface area contributed by atoms with Crippen LogP contribution in [0.5, 0.6) is 0 Å². The predicted octanol–water partition coefficient (Wildman–Crippen LogP) is 4.49. The number of benzene rings is 2. The lowest BCUT2D eigenvalue weighted by Crippen LogP contribution is -2.13. The molecule has 3 aromatic rings. The SMILES string of the molecule is O=C(Nc1ccccc1-n1cccc1)c1cccc(Br)c1. The molecule has 1 heterocycles. The molecule has 2 aromatic carbocycles. The van der Waals surface area contributed by atoms with Crippen LogP contribution in [0, 0.1) is 0 Å². The number of hydrogen-bond acceptors (Lipinski definition) is 1. The number of nitrogens with zero attached hydrogens (tertiary/aromatic N) is 1. The average Bonchev–Trinajstić information content (AvgIpc) is 3.02. The first-order valence-electron chi connectivity index (χ1n) is 6.53. The van der Waals surface area contributed by atoms with Gasteiger partial charge in [-0.15, -0.1) is 0 Å². The first kappa shape index (κ1) is 13.6. The van der Waals surface area contributed by atoms with Crippen molar-refractivity contribution in [2.45, 2.75) is 0 Å². The molecular formula is C17H13BrN2O. The third-order valence-electron chi connectivity index (χ3n) is 3.12. The Labute approximate surface area is 131 Å². The molecule has 0 spiro atoms. The number of carbonyl (C=O) groups excluding carboxylic acids is 1. The van der Waals surface area contributed by atoms with Crippen molar-refractivity contribution in [2.24, 2.45) is 0 Å². The molecule has 0 unspecified atom stereocenters. The van der Waals surface area contributed by atoms with E-state index in [1.807, 2.05) is 65.5 Å². The van der Waals surface area contributed by atoms with E-state index in [-0.39, 0.29) is 5.91 Å². The van der Waals surface area contributed by atoms with Gasteiger partial charge in [-0.3, -0.25) is 4.79 Å². The Morgan fingerprint density at radius 2 is 1.71 bits per heavy atom. The van der Waals surface area contributed by atoms with Gasteiger partial charge in [0, 0.05) is 22.4 Å². The molecule has 1 amide bonds. The summed E-state index contributed by atoms with van der Waals surface area (Å²) in [6, 6.07) is 18.9. The maximum atomic E-state index is 12.3. The molecule has 0 aliphatic rings. The number of hydrogen-bond donors (Lipinski definition) is 1. The zero-order valence-electron chi connectivity index (χ0n) is 11.2. The van der Waals surface area contributed by atoms with E-state index in [4.69, 9.17) is 0 Å². The van der Waals surface area contributed by atoms with E-state index in [2.05, 4.69) is 21.2 Å². The molecule has 0 saturated heterocycles. The van der Waals surface area contributed by atoms with Crippen LogP contribution >= 0.6 is 15.9 Å². The molecule has 0 radical (unpaired) electrons. The largest absolute Gasteiger partial charge is 0.322 e. The van der Waals surface area contributed by atoms with Crippen LogP contribution in [-0.4, -0.2) is 10.5 Å². The van der Waals surface area contributed by atoms with Gasteiger partial charge in [0.2, 0.25) is 0 Å². The van der Waals surface area contributed by atoms with Crippen molar-refractivity contribution in [3.05, 3.63) is 83.1 Å². The molecule has 104 valence electrons. The Bertz CT molecular complexity index is 766. The zero-order valence-corrected chi connectivity index (χ0v) is 12.7. The van der Waals surface area contributed by atoms with Crippen LogP contribution in [0.15, 0.2) is 77.5 Å². The highest BCUT2D eigenvalue weighted by atomic mass is 79.9. The van der Waals surface area contributed by atoms with E-state index in [0.717, 1.165) is 15.8 Å². The van der Waals surface area contributed by atoms with E-state index < -0.39 is 0 Å². The van der Waals surface area contributed by atoms with Crippen molar-refractivity contribution in [3.63, 3.8) is 0 Å². The molecule has 1 N–H and O–H groups in total. The quantitative estimate of drug-likeness (QED) is 0.748. The smallest absolute Gasteiger partial charge is 0.255 e. The molecule has 0 aliphatic heterocycles. The number of anilines is 1. The molecule has 4 heteroatoms. The fraction of sp³-hybridized carbons (Fsp3) is 0. The van der Waals surface area contributed by atoms with Crippen LogP contribution in [-0.2, 0) is 0 Å². The second-order valence-corrected chi connectivity index (χ2v) is 5.49. The van der Waals surface area contributed by atoms with Crippen LogP contribution in [0.1, 0.15) is 10.4 Å². The number of aromatic nitrogens is 1. The lowest BCUT2D eigenvalue weighted by molar-refractivity contribution is 0.102. The topological polar surface area (TPSA) is 34.0 Å². The highest BCUT2D eigenvalue weighted by Crippen LogP contribution is 2.21. The fourth-order valence-electron chi connectivity index (χ4n) is 2.12. The van der Waals surface area contributed by atoms with Crippen molar-refractivity contribution in [2.75, 3.05) is 5.32 Å². The lowest BCUT2D eigenvalue weighted by Gasteiger charge is -2.12. The third kappa shape index (κ3) is 3.06. The number of nitrogens with one attached hydrogen (secondary N) is 1. The zero-order chi connectivity index (χ0) is 14.7. The van der Waals surface area contributed by atoms with Gasteiger partial charge in [-0.2, -0.15) is 0 Å². The monoisotopic (exact) mass is 340 g/mol. The summed E-state index contributed by atoms with van der Waals surface area (Å²) in [5.74, 6) is -0.129. The normalized spacial score (nSPS) is 10.3. The summed E-state index contributed by atoms with van der Waals surface area (Å²) >= 11 is 3.38. The van der Waals surface area contributed by atoms with Gasteiger partial charge in [0.05, 0.1) is 11.4 Å². The molecule has 3 rings (SSSR count). The highest BCUT2D eigenvalue weighted by Gasteiger charge is 2.09. The highest BCUT2D eigenvalue weighted by molar-refractivity contribution is 9.10. The predicted molar refractivity (Wildman–Crippen MR) is 87.9 cm³/mol. The third-order valence-corrected chi connectivity index (χ3v) is 3.61. The maximum Gasteiger partial charge on any atom is 0.255 e. The maximum absolute atomic E-state index is 12.3. The Morgan fingerprint density at radius 3 is 2.48 bits per heavy atom. The standard InChI is InChI=1S/C17H13BrN2O/c18-14-7-5-6-13(12-14)17(21)19-15-8-1-2-9-16(15)20-10-3-4-11-20/h1-12H,(H,19,21). The van der Waals surface area contributed by atoms with E-state index >= 15 is 0 Å². The van der Waals surface area contributed by atoms with E-state index in [0.29, 0.717) is 5.56 Å². The van der Waals surface area contributed by atoms with Crippen LogP contribution < -0.4 is 5.32 Å². The van der Waals surface area contributed by atoms with Crippen LogP contribution in [0.2, 0.25) is 0 Å². The van der Waals surface area contributed by atoms with Crippen molar-refractivity contribution in [3.8, 4) is 5.69 Å². The van der Waals surface area contributed by atoms with Gasteiger partial charge in [0.1, 0.15) is 0 Å². The van der Waals surface area contributed by atoms with Crippen LogP contribution in [0.4, 0.5) is 5.69 Å². The summed E-state index contributed by atoms with van der Waals surface area (Å²) < 4.78 is 2.85. The Morgan fingerprint density at radius 1 is 0.952 bits per heavy atom. The minimum absolute atomic E-state index is 0.129. The number of amides is 1. The summed E-state index contributed by atoms with van der Waals surface area (Å²) in [4.78, 5) is 12.3. The molecule has 3 nitrogen and oxygen atoms in total. The van der Waals surface area contributed by atoms with Crippen molar-refractivity contribution < 1.29 is 4.79 Å². The molecule has 0 aliphatic carbocycles. The molecule has 0 fully saturated rings. The van der Waals surface area contributed by atoms with Crippen LogP contribution in [0.25, 0.3) is 5.69 Å². The first-order valence-corrected chi connectivity index (χ1v) is 7.32. The van der Waals surface area contributed by atoms with Gasteiger partial charge in [-0.05, 0) is 42.5 Å². The van der Waals surface area contributed by atoms with Gasteiger partial charge in [-0.1, -0.05) is 34.1 Å². The Hall–Kier alpha value is -2.33. The van der Waals surface area contributed by atoms with Gasteiger partial charge in [0.15, 0.2) is 0 Å². The number of halogens is 1. The van der Waals surface area contributed by atoms with Crippen molar-refractivity contribution in [1.29, 1.82) is 0 Å². The number of para-hydroxylation sites is 2.